The molecule has 0 unspecified atom stereocenters. The molecular formula is C14H27N3O4. The molecule has 21 heavy (non-hydrogen) atoms. The van der Waals surface area contributed by atoms with Gasteiger partial charge in [0.25, 0.3) is 0 Å². The molecule has 0 heterocycles. The van der Waals surface area contributed by atoms with Gasteiger partial charge in [0.05, 0.1) is 0 Å². The molecule has 4 N–H and O–H groups in total. The Morgan fingerprint density at radius 3 is 2.05 bits per heavy atom. The van der Waals surface area contributed by atoms with Crippen molar-refractivity contribution in [1.82, 2.24) is 10.2 Å². The van der Waals surface area contributed by atoms with Gasteiger partial charge in [-0.3, -0.25) is 4.79 Å². The van der Waals surface area contributed by atoms with Crippen LogP contribution in [0.4, 0.5) is 4.79 Å². The monoisotopic (exact) mass is 301 g/mol. The molecule has 0 saturated heterocycles. The largest absolute Gasteiger partial charge is 0.480 e. The Bertz CT molecular complexity index is 339. The van der Waals surface area contributed by atoms with Crippen molar-refractivity contribution in [3.8, 4) is 0 Å². The van der Waals surface area contributed by atoms with Crippen LogP contribution in [0.15, 0.2) is 0 Å². The SMILES string of the molecule is CCCCN(CCCC)C(=O)N[C@H](CCC(N)=O)C(=O)O. The predicted octanol–water partition coefficient (Wildman–Crippen LogP) is 1.32. The molecule has 0 fully saturated rings. The minimum atomic E-state index is -1.16. The van der Waals surface area contributed by atoms with E-state index in [1.807, 2.05) is 13.8 Å². The average Bonchev–Trinajstić information content (AvgIpc) is 2.42. The number of carbonyl (C=O) groups is 3. The molecule has 0 radical (unpaired) electrons. The lowest BCUT2D eigenvalue weighted by Crippen LogP contribution is -2.48. The Hall–Kier alpha value is -1.79. The van der Waals surface area contributed by atoms with E-state index in [9.17, 15) is 14.4 Å². The predicted molar refractivity (Wildman–Crippen MR) is 79.8 cm³/mol. The van der Waals surface area contributed by atoms with Gasteiger partial charge in [0.1, 0.15) is 6.04 Å². The molecule has 122 valence electrons. The smallest absolute Gasteiger partial charge is 0.326 e. The third-order valence-corrected chi connectivity index (χ3v) is 3.13. The minimum absolute atomic E-state index is 0.00576. The summed E-state index contributed by atoms with van der Waals surface area (Å²) in [5.41, 5.74) is 5.01. The molecule has 0 saturated carbocycles. The van der Waals surface area contributed by atoms with Gasteiger partial charge in [-0.25, -0.2) is 9.59 Å². The second kappa shape index (κ2) is 10.9. The maximum atomic E-state index is 12.1. The molecule has 3 amide bonds. The Labute approximate surface area is 125 Å². The van der Waals surface area contributed by atoms with Gasteiger partial charge in [0.15, 0.2) is 0 Å². The van der Waals surface area contributed by atoms with Crippen molar-refractivity contribution in [3.63, 3.8) is 0 Å². The highest BCUT2D eigenvalue weighted by Gasteiger charge is 2.23. The lowest BCUT2D eigenvalue weighted by atomic mass is 10.1. The van der Waals surface area contributed by atoms with Crippen LogP contribution in [0, 0.1) is 0 Å². The fraction of sp³-hybridized carbons (Fsp3) is 0.786. The highest BCUT2D eigenvalue weighted by molar-refractivity contribution is 5.83. The number of carboxylic acids is 1. The molecule has 7 heteroatoms. The van der Waals surface area contributed by atoms with E-state index in [4.69, 9.17) is 10.8 Å². The quantitative estimate of drug-likeness (QED) is 0.534. The Morgan fingerprint density at radius 2 is 1.67 bits per heavy atom. The fourth-order valence-corrected chi connectivity index (χ4v) is 1.80. The second-order valence-electron chi connectivity index (χ2n) is 5.04. The normalized spacial score (nSPS) is 11.7. The van der Waals surface area contributed by atoms with E-state index in [-0.39, 0.29) is 12.8 Å². The number of hydrogen-bond donors (Lipinski definition) is 3. The zero-order chi connectivity index (χ0) is 16.3. The fourth-order valence-electron chi connectivity index (χ4n) is 1.80. The number of nitrogens with one attached hydrogen (secondary N) is 1. The summed E-state index contributed by atoms with van der Waals surface area (Å²) >= 11 is 0. The zero-order valence-corrected chi connectivity index (χ0v) is 12.9. The Kier molecular flexibility index (Phi) is 10.0. The van der Waals surface area contributed by atoms with Crippen molar-refractivity contribution in [3.05, 3.63) is 0 Å². The first-order valence-corrected chi connectivity index (χ1v) is 7.48. The lowest BCUT2D eigenvalue weighted by Gasteiger charge is -2.25. The molecule has 1 atom stereocenters. The number of unbranched alkanes of at least 4 members (excludes halogenated alkanes) is 2. The summed E-state index contributed by atoms with van der Waals surface area (Å²) < 4.78 is 0. The molecule has 0 rings (SSSR count). The van der Waals surface area contributed by atoms with Crippen molar-refractivity contribution in [2.75, 3.05) is 13.1 Å². The van der Waals surface area contributed by atoms with Crippen LogP contribution < -0.4 is 11.1 Å². The number of urea groups is 1. The van der Waals surface area contributed by atoms with E-state index in [1.165, 1.54) is 0 Å². The lowest BCUT2D eigenvalue weighted by molar-refractivity contribution is -0.139. The van der Waals surface area contributed by atoms with Gasteiger partial charge in [-0.05, 0) is 19.3 Å². The van der Waals surface area contributed by atoms with Gasteiger partial charge < -0.3 is 21.1 Å². The number of primary amides is 1. The van der Waals surface area contributed by atoms with Gasteiger partial charge in [-0.15, -0.1) is 0 Å². The zero-order valence-electron chi connectivity index (χ0n) is 12.9. The van der Waals surface area contributed by atoms with E-state index >= 15 is 0 Å². The molecule has 0 aliphatic rings. The van der Waals surface area contributed by atoms with Crippen molar-refractivity contribution < 1.29 is 19.5 Å². The van der Waals surface area contributed by atoms with Crippen molar-refractivity contribution in [1.29, 1.82) is 0 Å². The van der Waals surface area contributed by atoms with Crippen LogP contribution in [0.1, 0.15) is 52.4 Å². The molecule has 0 aliphatic heterocycles. The molecular weight excluding hydrogens is 274 g/mol. The maximum Gasteiger partial charge on any atom is 0.326 e. The summed E-state index contributed by atoms with van der Waals surface area (Å²) in [6.07, 6.45) is 3.60. The number of carboxylic acid groups (broad SMARTS) is 1. The number of aliphatic carboxylic acids is 1. The third kappa shape index (κ3) is 8.88. The molecule has 0 aliphatic carbocycles. The van der Waals surface area contributed by atoms with E-state index in [1.54, 1.807) is 4.90 Å². The van der Waals surface area contributed by atoms with Crippen LogP contribution in [0.25, 0.3) is 0 Å². The minimum Gasteiger partial charge on any atom is -0.480 e. The highest BCUT2D eigenvalue weighted by Crippen LogP contribution is 2.03. The molecule has 0 aromatic carbocycles. The van der Waals surface area contributed by atoms with Crippen LogP contribution in [0.3, 0.4) is 0 Å². The van der Waals surface area contributed by atoms with E-state index in [0.29, 0.717) is 13.1 Å². The van der Waals surface area contributed by atoms with Gasteiger partial charge in [-0.1, -0.05) is 26.7 Å². The summed E-state index contributed by atoms with van der Waals surface area (Å²) in [4.78, 5) is 35.6. The number of hydrogen-bond acceptors (Lipinski definition) is 3. The first-order chi connectivity index (χ1) is 9.92. The first kappa shape index (κ1) is 19.2. The van der Waals surface area contributed by atoms with E-state index in [2.05, 4.69) is 5.32 Å². The molecule has 0 bridgehead atoms. The summed E-state index contributed by atoms with van der Waals surface area (Å²) in [7, 11) is 0. The van der Waals surface area contributed by atoms with Crippen LogP contribution >= 0.6 is 0 Å². The van der Waals surface area contributed by atoms with Crippen molar-refractivity contribution in [2.45, 2.75) is 58.4 Å². The van der Waals surface area contributed by atoms with Crippen molar-refractivity contribution in [2.24, 2.45) is 5.73 Å². The Morgan fingerprint density at radius 1 is 1.14 bits per heavy atom. The number of nitrogens with zero attached hydrogens (tertiary/aromatic N) is 1. The summed E-state index contributed by atoms with van der Waals surface area (Å²) in [6, 6.07) is -1.48. The van der Waals surface area contributed by atoms with Gasteiger partial charge in [-0.2, -0.15) is 0 Å². The van der Waals surface area contributed by atoms with Crippen molar-refractivity contribution >= 4 is 17.9 Å². The topological polar surface area (TPSA) is 113 Å². The summed E-state index contributed by atoms with van der Waals surface area (Å²) in [5.74, 6) is -1.74. The van der Waals surface area contributed by atoms with Crippen LogP contribution in [0.2, 0.25) is 0 Å². The summed E-state index contributed by atoms with van der Waals surface area (Å²) in [6.45, 7) is 5.26. The number of amides is 3. The number of carbonyl (C=O) groups excluding carboxylic acids is 2. The summed E-state index contributed by atoms with van der Waals surface area (Å²) in [5, 5.41) is 11.6. The molecule has 0 spiro atoms. The highest BCUT2D eigenvalue weighted by atomic mass is 16.4. The van der Waals surface area contributed by atoms with Crippen LogP contribution in [-0.2, 0) is 9.59 Å². The molecule has 0 aromatic heterocycles. The van der Waals surface area contributed by atoms with E-state index < -0.39 is 23.9 Å². The molecule has 0 aromatic rings. The number of rotatable bonds is 11. The van der Waals surface area contributed by atoms with Gasteiger partial charge in [0, 0.05) is 19.5 Å². The van der Waals surface area contributed by atoms with E-state index in [0.717, 1.165) is 25.7 Å². The third-order valence-electron chi connectivity index (χ3n) is 3.13. The second-order valence-corrected chi connectivity index (χ2v) is 5.04. The van der Waals surface area contributed by atoms with Gasteiger partial charge >= 0.3 is 12.0 Å². The standard InChI is InChI=1S/C14H27N3O4/c1-3-5-9-17(10-6-4-2)14(21)16-11(13(19)20)7-8-12(15)18/h11H,3-10H2,1-2H3,(H2,15,18)(H,16,21)(H,19,20)/t11-/m1/s1. The average molecular weight is 301 g/mol. The first-order valence-electron chi connectivity index (χ1n) is 7.48. The van der Waals surface area contributed by atoms with Crippen LogP contribution in [-0.4, -0.2) is 47.0 Å². The Balaban J connectivity index is 4.56. The van der Waals surface area contributed by atoms with Crippen LogP contribution in [0.5, 0.6) is 0 Å². The number of nitrogens with two attached hydrogens (primary N) is 1. The maximum absolute atomic E-state index is 12.1. The molecule has 7 nitrogen and oxygen atoms in total. The van der Waals surface area contributed by atoms with Gasteiger partial charge in [0.2, 0.25) is 5.91 Å².